The summed E-state index contributed by atoms with van der Waals surface area (Å²) in [6.07, 6.45) is 2.83. The lowest BCUT2D eigenvalue weighted by molar-refractivity contribution is 0.0701. The first-order valence-corrected chi connectivity index (χ1v) is 5.63. The first-order valence-electron chi connectivity index (χ1n) is 5.63. The summed E-state index contributed by atoms with van der Waals surface area (Å²) in [6, 6.07) is 9.85. The minimum atomic E-state index is -0.576. The Morgan fingerprint density at radius 2 is 2.10 bits per heavy atom. The third-order valence-electron chi connectivity index (χ3n) is 2.17. The monoisotopic (exact) mass is 272 g/mol. The molecule has 0 aliphatic rings. The van der Waals surface area contributed by atoms with Gasteiger partial charge in [-0.25, -0.2) is 4.79 Å². The third kappa shape index (κ3) is 3.70. The summed E-state index contributed by atoms with van der Waals surface area (Å²) in [5.74, 6) is -0.223. The van der Waals surface area contributed by atoms with Crippen LogP contribution in [0.4, 0.5) is 0 Å². The van der Waals surface area contributed by atoms with Gasteiger partial charge in [0.2, 0.25) is 11.7 Å². The Morgan fingerprint density at radius 1 is 1.25 bits per heavy atom. The maximum absolute atomic E-state index is 11.7. The molecular formula is C13H12N4O3. The van der Waals surface area contributed by atoms with Gasteiger partial charge in [-0.05, 0) is 29.8 Å². The molecule has 1 aromatic heterocycles. The first kappa shape index (κ1) is 13.3. The molecular weight excluding hydrogens is 260 g/mol. The van der Waals surface area contributed by atoms with E-state index in [1.54, 1.807) is 30.3 Å². The standard InChI is InChI=1S/C13H12N4O3/c14-13(15)17-16-8-9-3-1-4-10(7-9)20-12(18)11-5-2-6-19-11/h1-8H,(H4,14,15,17). The lowest BCUT2D eigenvalue weighted by Gasteiger charge is -2.02. The van der Waals surface area contributed by atoms with Crippen LogP contribution in [0.2, 0.25) is 0 Å². The fraction of sp³-hybridized carbons (Fsp3) is 0. The van der Waals surface area contributed by atoms with Crippen molar-refractivity contribution in [1.82, 2.24) is 0 Å². The molecule has 0 atom stereocenters. The zero-order chi connectivity index (χ0) is 14.4. The van der Waals surface area contributed by atoms with Gasteiger partial charge < -0.3 is 20.6 Å². The van der Waals surface area contributed by atoms with Gasteiger partial charge >= 0.3 is 5.97 Å². The Kier molecular flexibility index (Phi) is 4.13. The fourth-order valence-electron chi connectivity index (χ4n) is 1.37. The zero-order valence-electron chi connectivity index (χ0n) is 10.4. The summed E-state index contributed by atoms with van der Waals surface area (Å²) >= 11 is 0. The molecule has 7 heteroatoms. The second-order valence-corrected chi connectivity index (χ2v) is 3.71. The van der Waals surface area contributed by atoms with Crippen molar-refractivity contribution in [1.29, 1.82) is 0 Å². The normalized spacial score (nSPS) is 10.4. The molecule has 4 N–H and O–H groups in total. The van der Waals surface area contributed by atoms with E-state index in [0.29, 0.717) is 11.3 Å². The number of ether oxygens (including phenoxy) is 1. The van der Waals surface area contributed by atoms with Crippen LogP contribution < -0.4 is 16.2 Å². The summed E-state index contributed by atoms with van der Waals surface area (Å²) in [5.41, 5.74) is 11.0. The SMILES string of the molecule is NC(N)=NN=Cc1cccc(OC(=O)c2ccco2)c1. The molecule has 102 valence electrons. The van der Waals surface area contributed by atoms with Crippen molar-refractivity contribution in [2.75, 3.05) is 0 Å². The summed E-state index contributed by atoms with van der Waals surface area (Å²) in [6.45, 7) is 0. The van der Waals surface area contributed by atoms with E-state index in [0.717, 1.165) is 0 Å². The largest absolute Gasteiger partial charge is 0.457 e. The van der Waals surface area contributed by atoms with Crippen molar-refractivity contribution in [3.63, 3.8) is 0 Å². The highest BCUT2D eigenvalue weighted by atomic mass is 16.5. The van der Waals surface area contributed by atoms with Crippen molar-refractivity contribution < 1.29 is 13.9 Å². The molecule has 0 aliphatic carbocycles. The first-order chi connectivity index (χ1) is 9.65. The van der Waals surface area contributed by atoms with Gasteiger partial charge in [-0.1, -0.05) is 12.1 Å². The molecule has 0 saturated carbocycles. The van der Waals surface area contributed by atoms with Crippen LogP contribution in [0.5, 0.6) is 5.75 Å². The Balaban J connectivity index is 2.08. The summed E-state index contributed by atoms with van der Waals surface area (Å²) in [4.78, 5) is 11.7. The maximum Gasteiger partial charge on any atom is 0.379 e. The molecule has 0 amide bonds. The minimum Gasteiger partial charge on any atom is -0.457 e. The Labute approximate surface area is 114 Å². The van der Waals surface area contributed by atoms with Gasteiger partial charge in [0.25, 0.3) is 0 Å². The molecule has 0 spiro atoms. The van der Waals surface area contributed by atoms with E-state index in [9.17, 15) is 4.79 Å². The van der Waals surface area contributed by atoms with Gasteiger partial charge in [0.05, 0.1) is 12.5 Å². The molecule has 0 fully saturated rings. The van der Waals surface area contributed by atoms with Gasteiger partial charge in [0.15, 0.2) is 0 Å². The highest BCUT2D eigenvalue weighted by Gasteiger charge is 2.11. The van der Waals surface area contributed by atoms with Gasteiger partial charge in [-0.15, -0.1) is 5.10 Å². The van der Waals surface area contributed by atoms with Crippen molar-refractivity contribution in [3.05, 3.63) is 54.0 Å². The quantitative estimate of drug-likeness (QED) is 0.284. The number of benzene rings is 1. The van der Waals surface area contributed by atoms with Crippen LogP contribution in [0.1, 0.15) is 16.1 Å². The number of nitrogens with zero attached hydrogens (tertiary/aromatic N) is 2. The highest BCUT2D eigenvalue weighted by Crippen LogP contribution is 2.14. The molecule has 0 radical (unpaired) electrons. The average Bonchev–Trinajstić information content (AvgIpc) is 2.92. The molecule has 0 aliphatic heterocycles. The molecule has 1 aromatic carbocycles. The number of carbonyl (C=O) groups excluding carboxylic acids is 1. The minimum absolute atomic E-state index is 0.129. The van der Waals surface area contributed by atoms with Gasteiger partial charge in [-0.3, -0.25) is 0 Å². The van der Waals surface area contributed by atoms with Crippen molar-refractivity contribution in [2.24, 2.45) is 21.7 Å². The predicted octanol–water partition coefficient (Wildman–Crippen LogP) is 1.11. The van der Waals surface area contributed by atoms with E-state index in [1.165, 1.54) is 18.5 Å². The number of rotatable bonds is 4. The molecule has 20 heavy (non-hydrogen) atoms. The number of hydrogen-bond donors (Lipinski definition) is 2. The Bertz CT molecular complexity index is 643. The molecule has 1 heterocycles. The van der Waals surface area contributed by atoms with E-state index in [4.69, 9.17) is 20.6 Å². The van der Waals surface area contributed by atoms with Crippen LogP contribution in [-0.2, 0) is 0 Å². The van der Waals surface area contributed by atoms with Gasteiger partial charge in [-0.2, -0.15) is 5.10 Å². The summed E-state index contributed by atoms with van der Waals surface area (Å²) < 4.78 is 10.1. The van der Waals surface area contributed by atoms with Crippen LogP contribution >= 0.6 is 0 Å². The fourth-order valence-corrected chi connectivity index (χ4v) is 1.37. The summed E-state index contributed by atoms with van der Waals surface area (Å²) in [7, 11) is 0. The van der Waals surface area contributed by atoms with Crippen molar-refractivity contribution in [2.45, 2.75) is 0 Å². The molecule has 7 nitrogen and oxygen atoms in total. The number of carbonyl (C=O) groups is 1. The molecule has 0 saturated heterocycles. The second-order valence-electron chi connectivity index (χ2n) is 3.71. The molecule has 2 aromatic rings. The molecule has 2 rings (SSSR count). The van der Waals surface area contributed by atoms with E-state index < -0.39 is 5.97 Å². The van der Waals surface area contributed by atoms with Crippen LogP contribution in [0.15, 0.2) is 57.3 Å². The average molecular weight is 272 g/mol. The van der Waals surface area contributed by atoms with E-state index in [-0.39, 0.29) is 11.7 Å². The topological polar surface area (TPSA) is 116 Å². The second kappa shape index (κ2) is 6.19. The van der Waals surface area contributed by atoms with Crippen LogP contribution in [0, 0.1) is 0 Å². The smallest absolute Gasteiger partial charge is 0.379 e. The lowest BCUT2D eigenvalue weighted by atomic mass is 10.2. The Morgan fingerprint density at radius 3 is 2.80 bits per heavy atom. The van der Waals surface area contributed by atoms with Crippen molar-refractivity contribution >= 4 is 18.1 Å². The van der Waals surface area contributed by atoms with Crippen LogP contribution in [-0.4, -0.2) is 18.1 Å². The number of esters is 1. The predicted molar refractivity (Wildman–Crippen MR) is 73.5 cm³/mol. The molecule has 0 unspecified atom stereocenters. The zero-order valence-corrected chi connectivity index (χ0v) is 10.4. The summed E-state index contributed by atoms with van der Waals surface area (Å²) in [5, 5.41) is 7.14. The maximum atomic E-state index is 11.7. The Hall–Kier alpha value is -3.09. The van der Waals surface area contributed by atoms with E-state index in [1.807, 2.05) is 0 Å². The van der Waals surface area contributed by atoms with E-state index >= 15 is 0 Å². The number of furan rings is 1. The number of nitrogens with two attached hydrogens (primary N) is 2. The van der Waals surface area contributed by atoms with Crippen molar-refractivity contribution in [3.8, 4) is 5.75 Å². The van der Waals surface area contributed by atoms with Crippen LogP contribution in [0.3, 0.4) is 0 Å². The van der Waals surface area contributed by atoms with Gasteiger partial charge in [0, 0.05) is 0 Å². The molecule has 0 bridgehead atoms. The van der Waals surface area contributed by atoms with Crippen LogP contribution in [0.25, 0.3) is 0 Å². The number of guanidine groups is 1. The third-order valence-corrected chi connectivity index (χ3v) is 2.17. The highest BCUT2D eigenvalue weighted by molar-refractivity contribution is 5.88. The van der Waals surface area contributed by atoms with Gasteiger partial charge in [0.1, 0.15) is 5.75 Å². The lowest BCUT2D eigenvalue weighted by Crippen LogP contribution is -2.21. The van der Waals surface area contributed by atoms with E-state index in [2.05, 4.69) is 10.2 Å². The number of hydrogen-bond acceptors (Lipinski definition) is 5.